The van der Waals surface area contributed by atoms with Crippen molar-refractivity contribution >= 4 is 22.7 Å². The summed E-state index contributed by atoms with van der Waals surface area (Å²) in [6.07, 6.45) is 0. The van der Waals surface area contributed by atoms with Crippen molar-refractivity contribution in [2.75, 3.05) is 31.1 Å². The zero-order valence-electron chi connectivity index (χ0n) is 11.1. The number of carbonyl (C=O) groups is 2. The third-order valence-electron chi connectivity index (χ3n) is 2.56. The molecule has 0 heterocycles. The Morgan fingerprint density at radius 1 is 1.33 bits per heavy atom. The van der Waals surface area contributed by atoms with Crippen LogP contribution < -0.4 is 5.32 Å². The second-order valence-electron chi connectivity index (χ2n) is 3.93. The van der Waals surface area contributed by atoms with Crippen LogP contribution in [0.3, 0.4) is 0 Å². The molecule has 0 aromatic heterocycles. The third-order valence-corrected chi connectivity index (χ3v) is 3.90. The van der Waals surface area contributed by atoms with Gasteiger partial charge in [0.25, 0.3) is 0 Å². The standard InChI is InChI=1S/C11H22N2O4S/c1-4-13(5-2)6-7-18(17)8-10(11(15)16)12-9(3)14/h10H,4-8H2,1-3H3,(H,12,14)(H,15,16). The monoisotopic (exact) mass is 278 g/mol. The second kappa shape index (κ2) is 9.04. The first-order valence-corrected chi connectivity index (χ1v) is 7.46. The van der Waals surface area contributed by atoms with E-state index in [0.29, 0.717) is 12.3 Å². The summed E-state index contributed by atoms with van der Waals surface area (Å²) in [6.45, 7) is 7.71. The first-order valence-electron chi connectivity index (χ1n) is 5.97. The van der Waals surface area contributed by atoms with Gasteiger partial charge in [-0.05, 0) is 13.1 Å². The van der Waals surface area contributed by atoms with E-state index in [-0.39, 0.29) is 5.75 Å². The van der Waals surface area contributed by atoms with Crippen LogP contribution >= 0.6 is 0 Å². The summed E-state index contributed by atoms with van der Waals surface area (Å²) >= 11 is 0. The molecule has 0 radical (unpaired) electrons. The smallest absolute Gasteiger partial charge is 0.327 e. The van der Waals surface area contributed by atoms with Gasteiger partial charge in [-0.15, -0.1) is 0 Å². The van der Waals surface area contributed by atoms with E-state index >= 15 is 0 Å². The Morgan fingerprint density at radius 3 is 2.28 bits per heavy atom. The molecule has 0 saturated carbocycles. The maximum Gasteiger partial charge on any atom is 0.327 e. The van der Waals surface area contributed by atoms with Crippen molar-refractivity contribution < 1.29 is 18.9 Å². The maximum atomic E-state index is 11.7. The molecular weight excluding hydrogens is 256 g/mol. The van der Waals surface area contributed by atoms with Crippen molar-refractivity contribution in [3.8, 4) is 0 Å². The molecule has 0 spiro atoms. The first-order chi connectivity index (χ1) is 8.40. The molecule has 0 aliphatic heterocycles. The van der Waals surface area contributed by atoms with E-state index in [9.17, 15) is 13.8 Å². The van der Waals surface area contributed by atoms with Crippen LogP contribution in [0.1, 0.15) is 20.8 Å². The zero-order chi connectivity index (χ0) is 14.1. The van der Waals surface area contributed by atoms with Gasteiger partial charge in [-0.25, -0.2) is 4.79 Å². The topological polar surface area (TPSA) is 86.7 Å². The fourth-order valence-electron chi connectivity index (χ4n) is 1.46. The lowest BCUT2D eigenvalue weighted by atomic mass is 10.3. The Bertz CT molecular complexity index is 305. The number of hydrogen-bond donors (Lipinski definition) is 2. The van der Waals surface area contributed by atoms with Gasteiger partial charge in [0.2, 0.25) is 5.91 Å². The Kier molecular flexibility index (Phi) is 8.57. The molecule has 18 heavy (non-hydrogen) atoms. The predicted molar refractivity (Wildman–Crippen MR) is 70.9 cm³/mol. The summed E-state index contributed by atoms with van der Waals surface area (Å²) in [4.78, 5) is 23.8. The molecule has 0 aliphatic rings. The maximum absolute atomic E-state index is 11.7. The highest BCUT2D eigenvalue weighted by Gasteiger charge is 2.21. The molecule has 0 rings (SSSR count). The van der Waals surface area contributed by atoms with Gasteiger partial charge >= 0.3 is 5.97 Å². The average Bonchev–Trinajstić information content (AvgIpc) is 2.28. The first kappa shape index (κ1) is 17.1. The van der Waals surface area contributed by atoms with Gasteiger partial charge in [0.1, 0.15) is 6.04 Å². The van der Waals surface area contributed by atoms with Crippen LogP contribution in [0.4, 0.5) is 0 Å². The Hall–Kier alpha value is -0.950. The predicted octanol–water partition coefficient (Wildman–Crippen LogP) is -0.334. The van der Waals surface area contributed by atoms with E-state index in [1.807, 2.05) is 13.8 Å². The molecular formula is C11H22N2O4S. The van der Waals surface area contributed by atoms with E-state index in [0.717, 1.165) is 13.1 Å². The summed E-state index contributed by atoms with van der Waals surface area (Å²) < 4.78 is 11.7. The van der Waals surface area contributed by atoms with Gasteiger partial charge in [-0.3, -0.25) is 9.00 Å². The molecule has 106 valence electrons. The van der Waals surface area contributed by atoms with Gasteiger partial charge in [0.05, 0.1) is 5.75 Å². The fraction of sp³-hybridized carbons (Fsp3) is 0.818. The lowest BCUT2D eigenvalue weighted by molar-refractivity contribution is -0.140. The van der Waals surface area contributed by atoms with Gasteiger partial charge in [0.15, 0.2) is 0 Å². The van der Waals surface area contributed by atoms with E-state index in [4.69, 9.17) is 5.11 Å². The van der Waals surface area contributed by atoms with Crippen molar-refractivity contribution in [1.82, 2.24) is 10.2 Å². The number of rotatable bonds is 9. The largest absolute Gasteiger partial charge is 0.480 e. The molecule has 1 amide bonds. The van der Waals surface area contributed by atoms with E-state index < -0.39 is 28.7 Å². The number of hydrogen-bond acceptors (Lipinski definition) is 4. The number of aliphatic carboxylic acids is 1. The summed E-state index contributed by atoms with van der Waals surface area (Å²) in [5, 5.41) is 11.2. The Labute approximate surface area is 110 Å². The van der Waals surface area contributed by atoms with Crippen molar-refractivity contribution in [2.45, 2.75) is 26.8 Å². The van der Waals surface area contributed by atoms with Crippen molar-refractivity contribution in [2.24, 2.45) is 0 Å². The van der Waals surface area contributed by atoms with E-state index in [2.05, 4.69) is 10.2 Å². The van der Waals surface area contributed by atoms with Crippen LogP contribution in [0.25, 0.3) is 0 Å². The number of carbonyl (C=O) groups excluding carboxylic acids is 1. The molecule has 0 bridgehead atoms. The van der Waals surface area contributed by atoms with Crippen LogP contribution in [0.2, 0.25) is 0 Å². The summed E-state index contributed by atoms with van der Waals surface area (Å²) in [5.41, 5.74) is 0. The molecule has 0 fully saturated rings. The molecule has 0 aromatic carbocycles. The minimum atomic E-state index is -1.25. The van der Waals surface area contributed by atoms with Gasteiger partial charge in [-0.1, -0.05) is 13.8 Å². The number of carboxylic acids is 1. The second-order valence-corrected chi connectivity index (χ2v) is 5.55. The summed E-state index contributed by atoms with van der Waals surface area (Å²) in [7, 11) is -1.25. The molecule has 0 aromatic rings. The van der Waals surface area contributed by atoms with Crippen LogP contribution in [-0.4, -0.2) is 63.3 Å². The quantitative estimate of drug-likeness (QED) is 0.603. The molecule has 2 unspecified atom stereocenters. The van der Waals surface area contributed by atoms with Crippen LogP contribution in [0, 0.1) is 0 Å². The lowest BCUT2D eigenvalue weighted by Crippen LogP contribution is -2.44. The molecule has 6 nitrogen and oxygen atoms in total. The highest BCUT2D eigenvalue weighted by molar-refractivity contribution is 7.85. The SMILES string of the molecule is CCN(CC)CCS(=O)CC(NC(C)=O)C(=O)O. The van der Waals surface area contributed by atoms with Crippen molar-refractivity contribution in [3.05, 3.63) is 0 Å². The number of amides is 1. The summed E-state index contributed by atoms with van der Waals surface area (Å²) in [5.74, 6) is -1.20. The van der Waals surface area contributed by atoms with Crippen LogP contribution in [0.15, 0.2) is 0 Å². The minimum absolute atomic E-state index is 0.0455. The third kappa shape index (κ3) is 7.39. The van der Waals surface area contributed by atoms with Crippen LogP contribution in [0.5, 0.6) is 0 Å². The Balaban J connectivity index is 4.17. The normalized spacial score (nSPS) is 14.2. The molecule has 2 N–H and O–H groups in total. The number of nitrogens with zero attached hydrogens (tertiary/aromatic N) is 1. The highest BCUT2D eigenvalue weighted by atomic mass is 32.2. The van der Waals surface area contributed by atoms with E-state index in [1.54, 1.807) is 0 Å². The van der Waals surface area contributed by atoms with Gasteiger partial charge in [0, 0.05) is 30.0 Å². The highest BCUT2D eigenvalue weighted by Crippen LogP contribution is 1.94. The lowest BCUT2D eigenvalue weighted by Gasteiger charge is -2.18. The Morgan fingerprint density at radius 2 is 1.89 bits per heavy atom. The van der Waals surface area contributed by atoms with Crippen molar-refractivity contribution in [3.63, 3.8) is 0 Å². The number of carboxylic acid groups (broad SMARTS) is 1. The molecule has 7 heteroatoms. The van der Waals surface area contributed by atoms with Crippen molar-refractivity contribution in [1.29, 1.82) is 0 Å². The molecule has 0 saturated heterocycles. The molecule has 2 atom stereocenters. The summed E-state index contributed by atoms with van der Waals surface area (Å²) in [6, 6.07) is -1.07. The van der Waals surface area contributed by atoms with Crippen LogP contribution in [-0.2, 0) is 20.4 Å². The van der Waals surface area contributed by atoms with Gasteiger partial charge < -0.3 is 15.3 Å². The fourth-order valence-corrected chi connectivity index (χ4v) is 2.69. The minimum Gasteiger partial charge on any atom is -0.480 e. The average molecular weight is 278 g/mol. The molecule has 0 aliphatic carbocycles. The van der Waals surface area contributed by atoms with E-state index in [1.165, 1.54) is 6.92 Å². The van der Waals surface area contributed by atoms with Gasteiger partial charge in [-0.2, -0.15) is 0 Å². The number of nitrogens with one attached hydrogen (secondary N) is 1. The zero-order valence-corrected chi connectivity index (χ0v) is 12.0.